The van der Waals surface area contributed by atoms with E-state index in [4.69, 9.17) is 21.1 Å². The number of hydrogen-bond donors (Lipinski definition) is 2. The number of furan rings is 1. The summed E-state index contributed by atoms with van der Waals surface area (Å²) in [6, 6.07) is 15.1. The van der Waals surface area contributed by atoms with Crippen LogP contribution in [0.1, 0.15) is 32.0 Å². The highest BCUT2D eigenvalue weighted by atomic mass is 35.5. The van der Waals surface area contributed by atoms with Crippen LogP contribution in [0, 0.1) is 6.92 Å². The van der Waals surface area contributed by atoms with E-state index in [1.54, 1.807) is 36.4 Å². The maximum atomic E-state index is 12.0. The second-order valence-electron chi connectivity index (χ2n) is 5.77. The van der Waals surface area contributed by atoms with Gasteiger partial charge in [0.2, 0.25) is 0 Å². The molecule has 2 aromatic carbocycles. The monoisotopic (exact) mass is 382 g/mol. The molecule has 3 aromatic rings. The van der Waals surface area contributed by atoms with Crippen LogP contribution in [0.4, 0.5) is 0 Å². The number of carbonyl (C=O) groups is 2. The van der Waals surface area contributed by atoms with Gasteiger partial charge >= 0.3 is 5.97 Å². The summed E-state index contributed by atoms with van der Waals surface area (Å²) in [5, 5.41) is 13.2. The fourth-order valence-electron chi connectivity index (χ4n) is 2.43. The predicted molar refractivity (Wildman–Crippen MR) is 102 cm³/mol. The molecular formula is C20H15ClN2O4. The van der Waals surface area contributed by atoms with Crippen LogP contribution in [0.3, 0.4) is 0 Å². The molecule has 1 amide bonds. The second kappa shape index (κ2) is 7.88. The number of hydrazone groups is 1. The van der Waals surface area contributed by atoms with Gasteiger partial charge in [0.05, 0.1) is 16.8 Å². The summed E-state index contributed by atoms with van der Waals surface area (Å²) >= 11 is 5.87. The van der Waals surface area contributed by atoms with Crippen molar-refractivity contribution in [2.24, 2.45) is 5.10 Å². The first-order valence-corrected chi connectivity index (χ1v) is 8.35. The SMILES string of the molecule is Cc1cccc(C(=O)N/N=C\c2ccc(-c3ccc(Cl)c(C(=O)O)c3)o2)c1. The lowest BCUT2D eigenvalue weighted by Gasteiger charge is -2.02. The van der Waals surface area contributed by atoms with E-state index in [1.807, 2.05) is 13.0 Å². The molecule has 0 bridgehead atoms. The van der Waals surface area contributed by atoms with E-state index < -0.39 is 5.97 Å². The number of benzene rings is 2. The molecule has 1 aromatic heterocycles. The van der Waals surface area contributed by atoms with Crippen LogP contribution in [-0.4, -0.2) is 23.2 Å². The first kappa shape index (κ1) is 18.4. The third-order valence-electron chi connectivity index (χ3n) is 3.75. The van der Waals surface area contributed by atoms with Gasteiger partial charge < -0.3 is 9.52 Å². The number of carbonyl (C=O) groups excluding carboxylic acids is 1. The Morgan fingerprint density at radius 3 is 2.70 bits per heavy atom. The zero-order valence-corrected chi connectivity index (χ0v) is 15.0. The number of halogens is 1. The Balaban J connectivity index is 1.71. The number of amides is 1. The van der Waals surface area contributed by atoms with Crippen LogP contribution in [0.2, 0.25) is 5.02 Å². The Kier molecular flexibility index (Phi) is 5.38. The number of hydrogen-bond acceptors (Lipinski definition) is 4. The van der Waals surface area contributed by atoms with E-state index in [9.17, 15) is 9.59 Å². The number of rotatable bonds is 5. The van der Waals surface area contributed by atoms with Crippen molar-refractivity contribution >= 4 is 29.7 Å². The maximum Gasteiger partial charge on any atom is 0.337 e. The number of carboxylic acid groups (broad SMARTS) is 1. The van der Waals surface area contributed by atoms with Gasteiger partial charge in [0, 0.05) is 11.1 Å². The lowest BCUT2D eigenvalue weighted by atomic mass is 10.1. The molecular weight excluding hydrogens is 368 g/mol. The van der Waals surface area contributed by atoms with Crippen LogP contribution in [0.25, 0.3) is 11.3 Å². The Hall–Kier alpha value is -3.38. The molecule has 2 N–H and O–H groups in total. The minimum atomic E-state index is -1.12. The van der Waals surface area contributed by atoms with Crippen LogP contribution < -0.4 is 5.43 Å². The van der Waals surface area contributed by atoms with Gasteiger partial charge in [0.15, 0.2) is 0 Å². The minimum Gasteiger partial charge on any atom is -0.478 e. The molecule has 0 atom stereocenters. The Labute approximate surface area is 160 Å². The van der Waals surface area contributed by atoms with Crippen LogP contribution in [-0.2, 0) is 0 Å². The summed E-state index contributed by atoms with van der Waals surface area (Å²) in [6.45, 7) is 1.90. The smallest absolute Gasteiger partial charge is 0.337 e. The van der Waals surface area contributed by atoms with Gasteiger partial charge in [-0.1, -0.05) is 29.3 Å². The summed E-state index contributed by atoms with van der Waals surface area (Å²) in [5.41, 5.74) is 4.48. The molecule has 1 heterocycles. The Morgan fingerprint density at radius 1 is 1.15 bits per heavy atom. The quantitative estimate of drug-likeness (QED) is 0.506. The third-order valence-corrected chi connectivity index (χ3v) is 4.08. The van der Waals surface area contributed by atoms with E-state index in [2.05, 4.69) is 10.5 Å². The number of aromatic carboxylic acids is 1. The fourth-order valence-corrected chi connectivity index (χ4v) is 2.62. The first-order chi connectivity index (χ1) is 12.9. The largest absolute Gasteiger partial charge is 0.478 e. The highest BCUT2D eigenvalue weighted by Gasteiger charge is 2.12. The van der Waals surface area contributed by atoms with Gasteiger partial charge in [-0.25, -0.2) is 10.2 Å². The lowest BCUT2D eigenvalue weighted by molar-refractivity contribution is 0.0697. The summed E-state index contributed by atoms with van der Waals surface area (Å²) in [5.74, 6) is -0.582. The summed E-state index contributed by atoms with van der Waals surface area (Å²) in [6.07, 6.45) is 1.37. The van der Waals surface area contributed by atoms with Crippen molar-refractivity contribution in [2.45, 2.75) is 6.92 Å². The van der Waals surface area contributed by atoms with Crippen molar-refractivity contribution in [3.63, 3.8) is 0 Å². The molecule has 0 fully saturated rings. The molecule has 0 saturated carbocycles. The maximum absolute atomic E-state index is 12.0. The normalized spacial score (nSPS) is 10.9. The molecule has 0 aliphatic heterocycles. The van der Waals surface area contributed by atoms with E-state index in [0.29, 0.717) is 22.6 Å². The van der Waals surface area contributed by atoms with E-state index in [-0.39, 0.29) is 16.5 Å². The molecule has 6 nitrogen and oxygen atoms in total. The number of nitrogens with zero attached hydrogens (tertiary/aromatic N) is 1. The van der Waals surface area contributed by atoms with Crippen molar-refractivity contribution in [3.8, 4) is 11.3 Å². The molecule has 136 valence electrons. The predicted octanol–water partition coefficient (Wildman–Crippen LogP) is 4.37. The minimum absolute atomic E-state index is 0.00815. The average Bonchev–Trinajstić information content (AvgIpc) is 3.10. The average molecular weight is 383 g/mol. The standard InChI is InChI=1S/C20H15ClN2O4/c1-12-3-2-4-14(9-12)19(24)23-22-11-15-6-8-18(27-15)13-5-7-17(21)16(10-13)20(25)26/h2-11H,1H3,(H,23,24)(H,25,26)/b22-11-. The number of nitrogens with one attached hydrogen (secondary N) is 1. The molecule has 0 saturated heterocycles. The summed E-state index contributed by atoms with van der Waals surface area (Å²) < 4.78 is 5.61. The van der Waals surface area contributed by atoms with Crippen molar-refractivity contribution in [1.82, 2.24) is 5.43 Å². The molecule has 0 unspecified atom stereocenters. The first-order valence-electron chi connectivity index (χ1n) is 7.97. The molecule has 0 aliphatic carbocycles. The molecule has 0 spiro atoms. The van der Waals surface area contributed by atoms with Crippen LogP contribution in [0.5, 0.6) is 0 Å². The molecule has 3 rings (SSSR count). The van der Waals surface area contributed by atoms with Crippen molar-refractivity contribution in [1.29, 1.82) is 0 Å². The summed E-state index contributed by atoms with van der Waals surface area (Å²) in [7, 11) is 0. The van der Waals surface area contributed by atoms with E-state index in [1.165, 1.54) is 18.3 Å². The van der Waals surface area contributed by atoms with Gasteiger partial charge in [-0.15, -0.1) is 0 Å². The van der Waals surface area contributed by atoms with E-state index in [0.717, 1.165) is 5.56 Å². The number of carboxylic acids is 1. The third kappa shape index (κ3) is 4.43. The molecule has 0 radical (unpaired) electrons. The highest BCUT2D eigenvalue weighted by Crippen LogP contribution is 2.26. The molecule has 0 aliphatic rings. The topological polar surface area (TPSA) is 91.9 Å². The Morgan fingerprint density at radius 2 is 1.96 bits per heavy atom. The van der Waals surface area contributed by atoms with E-state index >= 15 is 0 Å². The van der Waals surface area contributed by atoms with Crippen LogP contribution in [0.15, 0.2) is 64.1 Å². The van der Waals surface area contributed by atoms with Gasteiger partial charge in [0.1, 0.15) is 11.5 Å². The summed E-state index contributed by atoms with van der Waals surface area (Å²) in [4.78, 5) is 23.2. The zero-order chi connectivity index (χ0) is 19.4. The second-order valence-corrected chi connectivity index (χ2v) is 6.18. The van der Waals surface area contributed by atoms with Gasteiger partial charge in [0.25, 0.3) is 5.91 Å². The molecule has 7 heteroatoms. The fraction of sp³-hybridized carbons (Fsp3) is 0.0500. The zero-order valence-electron chi connectivity index (χ0n) is 14.3. The Bertz CT molecular complexity index is 1040. The van der Waals surface area contributed by atoms with Crippen molar-refractivity contribution < 1.29 is 19.1 Å². The lowest BCUT2D eigenvalue weighted by Crippen LogP contribution is -2.17. The van der Waals surface area contributed by atoms with Crippen LogP contribution >= 0.6 is 11.6 Å². The van der Waals surface area contributed by atoms with Gasteiger partial charge in [-0.2, -0.15) is 5.10 Å². The van der Waals surface area contributed by atoms with Crippen molar-refractivity contribution in [3.05, 3.63) is 82.1 Å². The van der Waals surface area contributed by atoms with Gasteiger partial charge in [-0.3, -0.25) is 4.79 Å². The van der Waals surface area contributed by atoms with Gasteiger partial charge in [-0.05, 0) is 49.4 Å². The van der Waals surface area contributed by atoms with Crippen molar-refractivity contribution in [2.75, 3.05) is 0 Å². The number of aryl methyl sites for hydroxylation is 1. The highest BCUT2D eigenvalue weighted by molar-refractivity contribution is 6.33. The molecule has 27 heavy (non-hydrogen) atoms.